The van der Waals surface area contributed by atoms with E-state index in [9.17, 15) is 0 Å². The lowest BCUT2D eigenvalue weighted by Gasteiger charge is -1.94. The number of rotatable bonds is 1. The van der Waals surface area contributed by atoms with Crippen molar-refractivity contribution in [3.8, 4) is 6.08 Å². The molecule has 3 heteroatoms. The summed E-state index contributed by atoms with van der Waals surface area (Å²) in [7, 11) is 1.55. The van der Waals surface area contributed by atoms with Crippen molar-refractivity contribution in [2.45, 2.75) is 13.8 Å². The lowest BCUT2D eigenvalue weighted by Crippen LogP contribution is -1.79. The predicted molar refractivity (Wildman–Crippen MR) is 50.0 cm³/mol. The highest BCUT2D eigenvalue weighted by Gasteiger charge is 2.07. The minimum Gasteiger partial charge on any atom is -0.453 e. The lowest BCUT2D eigenvalue weighted by atomic mass is 10.1. The molecule has 0 bridgehead atoms. The zero-order valence-electron chi connectivity index (χ0n) is 7.92. The van der Waals surface area contributed by atoms with Crippen LogP contribution in [0.4, 0.5) is 0 Å². The highest BCUT2D eigenvalue weighted by Crippen LogP contribution is 2.24. The van der Waals surface area contributed by atoms with Crippen molar-refractivity contribution >= 4 is 11.1 Å². The molecule has 1 aromatic carbocycles. The minimum absolute atomic E-state index is 0.323. The Labute approximate surface area is 76.3 Å². The van der Waals surface area contributed by atoms with E-state index >= 15 is 0 Å². The number of hydrogen-bond donors (Lipinski definition) is 0. The van der Waals surface area contributed by atoms with Crippen LogP contribution in [-0.4, -0.2) is 12.1 Å². The molecule has 0 aliphatic heterocycles. The van der Waals surface area contributed by atoms with Gasteiger partial charge >= 0.3 is 6.08 Å². The van der Waals surface area contributed by atoms with Gasteiger partial charge in [-0.05, 0) is 31.0 Å². The number of nitrogens with zero attached hydrogens (tertiary/aromatic N) is 1. The molecule has 0 N–H and O–H groups in total. The van der Waals surface area contributed by atoms with Crippen molar-refractivity contribution in [1.82, 2.24) is 4.98 Å². The van der Waals surface area contributed by atoms with Crippen LogP contribution in [0.5, 0.6) is 6.08 Å². The fourth-order valence-corrected chi connectivity index (χ4v) is 1.44. The standard InChI is InChI=1S/C10H11NO2/c1-6-4-7(2)9-8(5-6)11-10(12-3)13-9/h4-5H,1-3H3. The Morgan fingerprint density at radius 1 is 1.31 bits per heavy atom. The smallest absolute Gasteiger partial charge is 0.394 e. The molecule has 0 radical (unpaired) electrons. The molecule has 2 rings (SSSR count). The molecule has 0 amide bonds. The second-order valence-electron chi connectivity index (χ2n) is 3.11. The fraction of sp³-hybridized carbons (Fsp3) is 0.300. The Bertz CT molecular complexity index is 445. The Kier molecular flexibility index (Phi) is 1.72. The third kappa shape index (κ3) is 1.26. The average Bonchev–Trinajstić information content (AvgIpc) is 2.47. The number of methoxy groups -OCH3 is 1. The van der Waals surface area contributed by atoms with Crippen molar-refractivity contribution in [3.63, 3.8) is 0 Å². The molecule has 0 aliphatic rings. The molecule has 1 aromatic heterocycles. The molecule has 0 saturated carbocycles. The van der Waals surface area contributed by atoms with Crippen molar-refractivity contribution in [2.75, 3.05) is 7.11 Å². The maximum absolute atomic E-state index is 5.37. The highest BCUT2D eigenvalue weighted by atomic mass is 16.6. The highest BCUT2D eigenvalue weighted by molar-refractivity contribution is 5.77. The van der Waals surface area contributed by atoms with Crippen LogP contribution in [0.2, 0.25) is 0 Å². The van der Waals surface area contributed by atoms with E-state index in [-0.39, 0.29) is 0 Å². The van der Waals surface area contributed by atoms with Gasteiger partial charge in [0, 0.05) is 0 Å². The summed E-state index contributed by atoms with van der Waals surface area (Å²) in [5.41, 5.74) is 3.93. The molecule has 1 heterocycles. The monoisotopic (exact) mass is 177 g/mol. The molecule has 0 spiro atoms. The first-order valence-electron chi connectivity index (χ1n) is 4.12. The zero-order chi connectivity index (χ0) is 9.42. The van der Waals surface area contributed by atoms with Crippen LogP contribution >= 0.6 is 0 Å². The number of ether oxygens (including phenoxy) is 1. The van der Waals surface area contributed by atoms with Gasteiger partial charge in [-0.3, -0.25) is 0 Å². The molecule has 68 valence electrons. The maximum Gasteiger partial charge on any atom is 0.394 e. The van der Waals surface area contributed by atoms with E-state index in [0.717, 1.165) is 16.7 Å². The van der Waals surface area contributed by atoms with Gasteiger partial charge in [0.1, 0.15) is 5.52 Å². The van der Waals surface area contributed by atoms with Crippen LogP contribution < -0.4 is 4.74 Å². The first-order chi connectivity index (χ1) is 6.20. The molecule has 0 fully saturated rings. The lowest BCUT2D eigenvalue weighted by molar-refractivity contribution is 0.299. The van der Waals surface area contributed by atoms with Crippen LogP contribution in [-0.2, 0) is 0 Å². The largest absolute Gasteiger partial charge is 0.453 e. The van der Waals surface area contributed by atoms with E-state index in [0.29, 0.717) is 6.08 Å². The second kappa shape index (κ2) is 2.76. The predicted octanol–water partition coefficient (Wildman–Crippen LogP) is 2.45. The van der Waals surface area contributed by atoms with Gasteiger partial charge in [-0.2, -0.15) is 4.98 Å². The van der Waals surface area contributed by atoms with E-state index in [2.05, 4.69) is 11.1 Å². The Morgan fingerprint density at radius 3 is 2.77 bits per heavy atom. The van der Waals surface area contributed by atoms with Gasteiger partial charge < -0.3 is 9.15 Å². The number of aryl methyl sites for hydroxylation is 2. The van der Waals surface area contributed by atoms with Crippen LogP contribution in [0.15, 0.2) is 16.5 Å². The molecule has 0 atom stereocenters. The van der Waals surface area contributed by atoms with Gasteiger partial charge in [-0.15, -0.1) is 0 Å². The van der Waals surface area contributed by atoms with E-state index < -0.39 is 0 Å². The third-order valence-corrected chi connectivity index (χ3v) is 1.98. The molecule has 13 heavy (non-hydrogen) atoms. The Balaban J connectivity index is 2.75. The minimum atomic E-state index is 0.323. The Morgan fingerprint density at radius 2 is 2.08 bits per heavy atom. The van der Waals surface area contributed by atoms with E-state index in [4.69, 9.17) is 9.15 Å². The van der Waals surface area contributed by atoms with Crippen molar-refractivity contribution in [1.29, 1.82) is 0 Å². The molecular weight excluding hydrogens is 166 g/mol. The average molecular weight is 177 g/mol. The van der Waals surface area contributed by atoms with Gasteiger partial charge in [0.2, 0.25) is 0 Å². The number of aromatic nitrogens is 1. The van der Waals surface area contributed by atoms with Gasteiger partial charge in [0.15, 0.2) is 5.58 Å². The molecule has 2 aromatic rings. The van der Waals surface area contributed by atoms with Crippen LogP contribution in [0.1, 0.15) is 11.1 Å². The molecule has 0 unspecified atom stereocenters. The summed E-state index contributed by atoms with van der Waals surface area (Å²) in [6, 6.07) is 4.04. The first-order valence-corrected chi connectivity index (χ1v) is 4.12. The topological polar surface area (TPSA) is 35.3 Å². The van der Waals surface area contributed by atoms with Crippen molar-refractivity contribution < 1.29 is 9.15 Å². The number of benzene rings is 1. The number of hydrogen-bond acceptors (Lipinski definition) is 3. The number of fused-ring (bicyclic) bond motifs is 1. The van der Waals surface area contributed by atoms with Crippen molar-refractivity contribution in [3.05, 3.63) is 23.3 Å². The summed E-state index contributed by atoms with van der Waals surface area (Å²) in [4.78, 5) is 4.16. The van der Waals surface area contributed by atoms with Crippen LogP contribution in [0.3, 0.4) is 0 Å². The van der Waals surface area contributed by atoms with Gasteiger partial charge in [-0.25, -0.2) is 0 Å². The number of oxazole rings is 1. The van der Waals surface area contributed by atoms with Gasteiger partial charge in [0.05, 0.1) is 7.11 Å². The Hall–Kier alpha value is -1.51. The summed E-state index contributed by atoms with van der Waals surface area (Å²) in [5.74, 6) is 0. The summed E-state index contributed by atoms with van der Waals surface area (Å²) in [6.45, 7) is 4.04. The third-order valence-electron chi connectivity index (χ3n) is 1.98. The first kappa shape index (κ1) is 8.10. The maximum atomic E-state index is 5.37. The summed E-state index contributed by atoms with van der Waals surface area (Å²) in [5, 5.41) is 0. The molecule has 0 saturated heterocycles. The summed E-state index contributed by atoms with van der Waals surface area (Å²) < 4.78 is 10.3. The van der Waals surface area contributed by atoms with E-state index in [1.165, 1.54) is 5.56 Å². The summed E-state index contributed by atoms with van der Waals surface area (Å²) in [6.07, 6.45) is 0.323. The second-order valence-corrected chi connectivity index (χ2v) is 3.11. The zero-order valence-corrected chi connectivity index (χ0v) is 7.92. The normalized spacial score (nSPS) is 10.7. The van der Waals surface area contributed by atoms with Gasteiger partial charge in [-0.1, -0.05) is 6.07 Å². The van der Waals surface area contributed by atoms with E-state index in [1.807, 2.05) is 19.9 Å². The summed E-state index contributed by atoms with van der Waals surface area (Å²) >= 11 is 0. The SMILES string of the molecule is COc1nc2cc(C)cc(C)c2o1. The van der Waals surface area contributed by atoms with Gasteiger partial charge in [0.25, 0.3) is 0 Å². The molecule has 0 aliphatic carbocycles. The quantitative estimate of drug-likeness (QED) is 0.671. The fourth-order valence-electron chi connectivity index (χ4n) is 1.44. The molecular formula is C10H11NO2. The van der Waals surface area contributed by atoms with Crippen molar-refractivity contribution in [2.24, 2.45) is 0 Å². The molecule has 3 nitrogen and oxygen atoms in total. The van der Waals surface area contributed by atoms with Crippen LogP contribution in [0, 0.1) is 13.8 Å². The van der Waals surface area contributed by atoms with Crippen LogP contribution in [0.25, 0.3) is 11.1 Å². The van der Waals surface area contributed by atoms with E-state index in [1.54, 1.807) is 7.11 Å².